The molecule has 5 heteroatoms. The van der Waals surface area contributed by atoms with Crippen LogP contribution in [0.2, 0.25) is 18.1 Å². The molecule has 0 aliphatic heterocycles. The summed E-state index contributed by atoms with van der Waals surface area (Å²) in [6, 6.07) is 20.3. The van der Waals surface area contributed by atoms with Crippen LogP contribution in [0.15, 0.2) is 60.7 Å². The van der Waals surface area contributed by atoms with Gasteiger partial charge in [-0.05, 0) is 59.8 Å². The first-order chi connectivity index (χ1) is 15.6. The first-order valence-electron chi connectivity index (χ1n) is 11.7. The van der Waals surface area contributed by atoms with E-state index in [9.17, 15) is 0 Å². The van der Waals surface area contributed by atoms with Gasteiger partial charge in [0.25, 0.3) is 0 Å². The Hall–Kier alpha value is -1.92. The maximum Gasteiger partial charge on any atom is 0.192 e. The highest BCUT2D eigenvalue weighted by molar-refractivity contribution is 6.73. The smallest absolute Gasteiger partial charge is 0.192 e. The summed E-state index contributed by atoms with van der Waals surface area (Å²) >= 11 is 0. The minimum atomic E-state index is -1.72. The Morgan fingerprint density at radius 1 is 0.812 bits per heavy atom. The standard InChI is InChI=1S/C27H40O4Si/c1-6-32(7-2,8-3)31-27(25-17-19-26(29-5)20-18-25)12-10-9-11-23-13-15-24(16-14-23)21-30-22-28-4/h9-10,13-20,27H,6-8,11-12,21-22H2,1-5H3/b10-9+. The average Bonchev–Trinajstić information content (AvgIpc) is 2.85. The molecule has 0 radical (unpaired) electrons. The summed E-state index contributed by atoms with van der Waals surface area (Å²) in [6.45, 7) is 7.74. The maximum atomic E-state index is 6.88. The van der Waals surface area contributed by atoms with E-state index in [1.165, 1.54) is 11.1 Å². The molecule has 0 saturated heterocycles. The van der Waals surface area contributed by atoms with Gasteiger partial charge in [-0.25, -0.2) is 0 Å². The Bertz CT molecular complexity index is 774. The van der Waals surface area contributed by atoms with Crippen LogP contribution in [0.25, 0.3) is 0 Å². The number of allylic oxidation sites excluding steroid dienone is 1. The van der Waals surface area contributed by atoms with E-state index < -0.39 is 8.32 Å². The molecule has 0 spiro atoms. The summed E-state index contributed by atoms with van der Waals surface area (Å²) in [5, 5.41) is 0. The molecule has 0 saturated carbocycles. The van der Waals surface area contributed by atoms with Crippen molar-refractivity contribution < 1.29 is 18.6 Å². The predicted octanol–water partition coefficient (Wildman–Crippen LogP) is 7.07. The summed E-state index contributed by atoms with van der Waals surface area (Å²) < 4.78 is 22.5. The molecule has 2 rings (SSSR count). The lowest BCUT2D eigenvalue weighted by molar-refractivity contribution is -0.0390. The molecule has 4 nitrogen and oxygen atoms in total. The quantitative estimate of drug-likeness (QED) is 0.124. The molecular weight excluding hydrogens is 416 g/mol. The predicted molar refractivity (Wildman–Crippen MR) is 135 cm³/mol. The molecule has 0 aromatic heterocycles. The highest BCUT2D eigenvalue weighted by Gasteiger charge is 2.32. The van der Waals surface area contributed by atoms with Crippen molar-refractivity contribution in [1.82, 2.24) is 0 Å². The van der Waals surface area contributed by atoms with Crippen molar-refractivity contribution in [2.45, 2.75) is 64.5 Å². The third kappa shape index (κ3) is 8.21. The van der Waals surface area contributed by atoms with Crippen LogP contribution in [0, 0.1) is 0 Å². The number of ether oxygens (including phenoxy) is 3. The van der Waals surface area contributed by atoms with Crippen molar-refractivity contribution in [3.05, 3.63) is 77.4 Å². The van der Waals surface area contributed by atoms with Crippen LogP contribution in [0.5, 0.6) is 5.75 Å². The zero-order chi connectivity index (χ0) is 23.2. The van der Waals surface area contributed by atoms with Crippen LogP contribution in [-0.4, -0.2) is 29.3 Å². The lowest BCUT2D eigenvalue weighted by Gasteiger charge is -2.33. The fourth-order valence-electron chi connectivity index (χ4n) is 3.83. The van der Waals surface area contributed by atoms with Crippen LogP contribution in [0.1, 0.15) is 50.0 Å². The van der Waals surface area contributed by atoms with E-state index in [0.717, 1.165) is 42.3 Å². The monoisotopic (exact) mass is 456 g/mol. The summed E-state index contributed by atoms with van der Waals surface area (Å²) in [6.07, 6.45) is 6.40. The van der Waals surface area contributed by atoms with Gasteiger partial charge < -0.3 is 18.6 Å². The fraction of sp³-hybridized carbons (Fsp3) is 0.481. The molecule has 32 heavy (non-hydrogen) atoms. The van der Waals surface area contributed by atoms with E-state index in [2.05, 4.69) is 69.3 Å². The number of methoxy groups -OCH3 is 2. The molecule has 0 fully saturated rings. The summed E-state index contributed by atoms with van der Waals surface area (Å²) in [7, 11) is 1.62. The van der Waals surface area contributed by atoms with E-state index in [1.807, 2.05) is 12.1 Å². The molecule has 0 amide bonds. The molecule has 0 heterocycles. The van der Waals surface area contributed by atoms with Crippen LogP contribution < -0.4 is 4.74 Å². The van der Waals surface area contributed by atoms with Gasteiger partial charge >= 0.3 is 0 Å². The van der Waals surface area contributed by atoms with Crippen LogP contribution >= 0.6 is 0 Å². The average molecular weight is 457 g/mol. The number of hydrogen-bond donors (Lipinski definition) is 0. The normalized spacial score (nSPS) is 12.9. The van der Waals surface area contributed by atoms with Crippen molar-refractivity contribution >= 4 is 8.32 Å². The van der Waals surface area contributed by atoms with Gasteiger partial charge in [-0.15, -0.1) is 0 Å². The van der Waals surface area contributed by atoms with Crippen molar-refractivity contribution in [3.63, 3.8) is 0 Å². The maximum absolute atomic E-state index is 6.88. The lowest BCUT2D eigenvalue weighted by atomic mass is 10.0. The third-order valence-corrected chi connectivity index (χ3v) is 10.8. The SMILES string of the molecule is CC[Si](CC)(CC)OC(C/C=C/Cc1ccc(COCOC)cc1)c1ccc(OC)cc1. The van der Waals surface area contributed by atoms with Gasteiger partial charge in [0.2, 0.25) is 0 Å². The van der Waals surface area contributed by atoms with Gasteiger partial charge in [0.1, 0.15) is 12.5 Å². The Labute approximate surface area is 195 Å². The van der Waals surface area contributed by atoms with E-state index in [0.29, 0.717) is 13.4 Å². The highest BCUT2D eigenvalue weighted by Crippen LogP contribution is 2.32. The minimum Gasteiger partial charge on any atom is -0.497 e. The molecule has 0 aliphatic rings. The molecule has 176 valence electrons. The van der Waals surface area contributed by atoms with Crippen LogP contribution in [0.4, 0.5) is 0 Å². The van der Waals surface area contributed by atoms with Crippen LogP contribution in [-0.2, 0) is 26.9 Å². The second-order valence-corrected chi connectivity index (χ2v) is 12.8. The summed E-state index contributed by atoms with van der Waals surface area (Å²) in [5.41, 5.74) is 3.67. The Morgan fingerprint density at radius 2 is 1.44 bits per heavy atom. The number of hydrogen-bond acceptors (Lipinski definition) is 4. The zero-order valence-corrected chi connectivity index (χ0v) is 21.4. The van der Waals surface area contributed by atoms with Crippen LogP contribution in [0.3, 0.4) is 0 Å². The van der Waals surface area contributed by atoms with Gasteiger partial charge in [-0.2, -0.15) is 0 Å². The second kappa shape index (κ2) is 14.3. The molecule has 0 aliphatic carbocycles. The second-order valence-electron chi connectivity index (χ2n) is 8.11. The van der Waals surface area contributed by atoms with Gasteiger partial charge in [-0.1, -0.05) is 69.3 Å². The van der Waals surface area contributed by atoms with Gasteiger partial charge in [0, 0.05) is 7.11 Å². The van der Waals surface area contributed by atoms with Crippen molar-refractivity contribution in [3.8, 4) is 5.75 Å². The zero-order valence-electron chi connectivity index (χ0n) is 20.4. The largest absolute Gasteiger partial charge is 0.497 e. The minimum absolute atomic E-state index is 0.0870. The first-order valence-corrected chi connectivity index (χ1v) is 14.2. The van der Waals surface area contributed by atoms with Gasteiger partial charge in [0.05, 0.1) is 19.8 Å². The van der Waals surface area contributed by atoms with Gasteiger partial charge in [-0.3, -0.25) is 0 Å². The summed E-state index contributed by atoms with van der Waals surface area (Å²) in [4.78, 5) is 0. The lowest BCUT2D eigenvalue weighted by Crippen LogP contribution is -2.37. The molecule has 1 atom stereocenters. The molecule has 2 aromatic rings. The topological polar surface area (TPSA) is 36.9 Å². The molecule has 0 bridgehead atoms. The molecular formula is C27H40O4Si. The molecule has 0 N–H and O–H groups in total. The Kier molecular flexibility index (Phi) is 11.7. The van der Waals surface area contributed by atoms with Crippen molar-refractivity contribution in [2.24, 2.45) is 0 Å². The first kappa shape index (κ1) is 26.3. The van der Waals surface area contributed by atoms with E-state index >= 15 is 0 Å². The number of rotatable bonds is 15. The molecule has 1 unspecified atom stereocenters. The van der Waals surface area contributed by atoms with E-state index in [4.69, 9.17) is 18.6 Å². The third-order valence-electron chi connectivity index (χ3n) is 6.18. The summed E-state index contributed by atoms with van der Waals surface area (Å²) in [5.74, 6) is 0.879. The van der Waals surface area contributed by atoms with E-state index in [1.54, 1.807) is 14.2 Å². The van der Waals surface area contributed by atoms with Crippen molar-refractivity contribution in [1.29, 1.82) is 0 Å². The van der Waals surface area contributed by atoms with Gasteiger partial charge in [0.15, 0.2) is 8.32 Å². The fourth-order valence-corrected chi connectivity index (χ4v) is 6.66. The highest BCUT2D eigenvalue weighted by atomic mass is 28.4. The Morgan fingerprint density at radius 3 is 2.00 bits per heavy atom. The van der Waals surface area contributed by atoms with Crippen molar-refractivity contribution in [2.75, 3.05) is 21.0 Å². The number of benzene rings is 2. The molecule has 2 aromatic carbocycles. The van der Waals surface area contributed by atoms with E-state index in [-0.39, 0.29) is 6.10 Å². The Balaban J connectivity index is 2.02.